The van der Waals surface area contributed by atoms with Crippen LogP contribution in [0.3, 0.4) is 0 Å². The number of nitrogens with one attached hydrogen (secondary N) is 2. The minimum Gasteiger partial charge on any atom is -0.322 e. The highest BCUT2D eigenvalue weighted by Crippen LogP contribution is 2.20. The second-order valence-corrected chi connectivity index (χ2v) is 7.99. The van der Waals surface area contributed by atoms with Crippen molar-refractivity contribution in [1.29, 1.82) is 0 Å². The zero-order chi connectivity index (χ0) is 21.8. The summed E-state index contributed by atoms with van der Waals surface area (Å²) in [4.78, 5) is 25.7. The van der Waals surface area contributed by atoms with Gasteiger partial charge in [-0.3, -0.25) is 14.3 Å². The number of carbonyl (C=O) groups excluding carboxylic acids is 2. The largest absolute Gasteiger partial charge is 0.322 e. The maximum atomic E-state index is 12.9. The lowest BCUT2D eigenvalue weighted by Gasteiger charge is -2.11. The zero-order valence-electron chi connectivity index (χ0n) is 18.1. The first-order chi connectivity index (χ1) is 14.3. The third-order valence-corrected chi connectivity index (χ3v) is 5.07. The molecule has 3 rings (SSSR count). The number of carbonyl (C=O) groups is 2. The van der Waals surface area contributed by atoms with Crippen molar-refractivity contribution in [3.8, 4) is 0 Å². The van der Waals surface area contributed by atoms with Crippen LogP contribution in [0.4, 0.5) is 11.4 Å². The van der Waals surface area contributed by atoms with Gasteiger partial charge < -0.3 is 10.6 Å². The molecule has 0 saturated heterocycles. The molecule has 0 aliphatic rings. The Balaban J connectivity index is 1.76. The lowest BCUT2D eigenvalue weighted by atomic mass is 10.0. The van der Waals surface area contributed by atoms with Crippen LogP contribution in [0.1, 0.15) is 71.5 Å². The van der Waals surface area contributed by atoms with Crippen molar-refractivity contribution in [1.82, 2.24) is 9.78 Å². The summed E-state index contributed by atoms with van der Waals surface area (Å²) >= 11 is 0. The van der Waals surface area contributed by atoms with Gasteiger partial charge in [-0.15, -0.1) is 0 Å². The van der Waals surface area contributed by atoms with Crippen LogP contribution in [0.15, 0.2) is 54.7 Å². The van der Waals surface area contributed by atoms with Crippen molar-refractivity contribution in [2.75, 3.05) is 10.6 Å². The summed E-state index contributed by atoms with van der Waals surface area (Å²) in [5.74, 6) is 0.0722. The van der Waals surface area contributed by atoms with Crippen molar-refractivity contribution in [2.24, 2.45) is 7.05 Å². The maximum absolute atomic E-state index is 12.9. The second-order valence-electron chi connectivity index (χ2n) is 7.99. The molecule has 1 heterocycles. The Morgan fingerprint density at radius 3 is 1.63 bits per heavy atom. The smallest absolute Gasteiger partial charge is 0.274 e. The maximum Gasteiger partial charge on any atom is 0.274 e. The van der Waals surface area contributed by atoms with Crippen LogP contribution in [0.5, 0.6) is 0 Å². The van der Waals surface area contributed by atoms with Gasteiger partial charge in [-0.05, 0) is 47.2 Å². The topological polar surface area (TPSA) is 76.0 Å². The third-order valence-electron chi connectivity index (χ3n) is 5.07. The van der Waals surface area contributed by atoms with Gasteiger partial charge >= 0.3 is 0 Å². The fourth-order valence-corrected chi connectivity index (χ4v) is 3.16. The highest BCUT2D eigenvalue weighted by molar-refractivity contribution is 6.14. The normalized spacial score (nSPS) is 11.0. The van der Waals surface area contributed by atoms with Crippen molar-refractivity contribution < 1.29 is 9.59 Å². The summed E-state index contributed by atoms with van der Waals surface area (Å²) in [5.41, 5.74) is 4.15. The number of aryl methyl sites for hydroxylation is 1. The molecular formula is C24H28N4O2. The molecule has 2 amide bonds. The number of anilines is 2. The highest BCUT2D eigenvalue weighted by Gasteiger charge is 2.22. The van der Waals surface area contributed by atoms with Gasteiger partial charge in [0.05, 0.1) is 11.8 Å². The number of nitrogens with zero attached hydrogens (tertiary/aromatic N) is 2. The van der Waals surface area contributed by atoms with E-state index in [0.29, 0.717) is 23.2 Å². The van der Waals surface area contributed by atoms with Crippen LogP contribution in [0, 0.1) is 0 Å². The Morgan fingerprint density at radius 1 is 0.767 bits per heavy atom. The van der Waals surface area contributed by atoms with E-state index in [2.05, 4.69) is 43.4 Å². The monoisotopic (exact) mass is 404 g/mol. The molecule has 2 aromatic carbocycles. The lowest BCUT2D eigenvalue weighted by molar-refractivity contribution is 0.0985. The summed E-state index contributed by atoms with van der Waals surface area (Å²) in [6.07, 6.45) is 1.41. The Bertz CT molecular complexity index is 1030. The van der Waals surface area contributed by atoms with E-state index in [-0.39, 0.29) is 23.1 Å². The van der Waals surface area contributed by atoms with E-state index < -0.39 is 0 Å². The summed E-state index contributed by atoms with van der Waals surface area (Å²) < 4.78 is 1.41. The fourth-order valence-electron chi connectivity index (χ4n) is 3.16. The molecule has 0 atom stereocenters. The van der Waals surface area contributed by atoms with E-state index >= 15 is 0 Å². The van der Waals surface area contributed by atoms with Crippen molar-refractivity contribution in [3.05, 3.63) is 77.1 Å². The Hall–Kier alpha value is -3.41. The number of hydrogen-bond donors (Lipinski definition) is 2. The SMILES string of the molecule is CC(C)c1ccc(NC(=O)c2cnn(C)c2C(=O)Nc2ccc(C(C)C)cc2)cc1. The molecule has 156 valence electrons. The number of hydrogen-bond acceptors (Lipinski definition) is 3. The molecule has 0 radical (unpaired) electrons. The summed E-state index contributed by atoms with van der Waals surface area (Å²) in [6, 6.07) is 15.4. The first-order valence-corrected chi connectivity index (χ1v) is 10.1. The van der Waals surface area contributed by atoms with E-state index in [1.54, 1.807) is 7.05 Å². The van der Waals surface area contributed by atoms with Crippen LogP contribution >= 0.6 is 0 Å². The van der Waals surface area contributed by atoms with Gasteiger partial charge in [0, 0.05) is 18.4 Å². The Kier molecular flexibility index (Phi) is 6.35. The molecule has 0 fully saturated rings. The zero-order valence-corrected chi connectivity index (χ0v) is 18.1. The van der Waals surface area contributed by atoms with Crippen LogP contribution in [-0.2, 0) is 7.05 Å². The predicted octanol–water partition coefficient (Wildman–Crippen LogP) is 5.17. The molecule has 0 aliphatic heterocycles. The second kappa shape index (κ2) is 8.95. The lowest BCUT2D eigenvalue weighted by Crippen LogP contribution is -2.22. The molecule has 0 spiro atoms. The minimum absolute atomic E-state index is 0.208. The van der Waals surface area contributed by atoms with Crippen LogP contribution in [-0.4, -0.2) is 21.6 Å². The molecule has 0 aliphatic carbocycles. The molecule has 3 aromatic rings. The Labute approximate surface area is 177 Å². The number of benzene rings is 2. The first kappa shape index (κ1) is 21.3. The van der Waals surface area contributed by atoms with Crippen LogP contribution in [0.2, 0.25) is 0 Å². The van der Waals surface area contributed by atoms with Crippen molar-refractivity contribution in [2.45, 2.75) is 39.5 Å². The molecule has 1 aromatic heterocycles. The van der Waals surface area contributed by atoms with Gasteiger partial charge in [0.15, 0.2) is 0 Å². The fraction of sp³-hybridized carbons (Fsp3) is 0.292. The quantitative estimate of drug-likeness (QED) is 0.595. The van der Waals surface area contributed by atoms with E-state index in [9.17, 15) is 9.59 Å². The average molecular weight is 405 g/mol. The highest BCUT2D eigenvalue weighted by atomic mass is 16.2. The molecule has 30 heavy (non-hydrogen) atoms. The molecular weight excluding hydrogens is 376 g/mol. The molecule has 0 unspecified atom stereocenters. The van der Waals surface area contributed by atoms with Gasteiger partial charge in [0.1, 0.15) is 5.69 Å². The van der Waals surface area contributed by atoms with E-state index in [1.807, 2.05) is 48.5 Å². The van der Waals surface area contributed by atoms with Crippen LogP contribution in [0.25, 0.3) is 0 Å². The average Bonchev–Trinajstić information content (AvgIpc) is 3.10. The van der Waals surface area contributed by atoms with Gasteiger partial charge in [-0.2, -0.15) is 5.10 Å². The van der Waals surface area contributed by atoms with Gasteiger partial charge in [-0.25, -0.2) is 0 Å². The molecule has 0 saturated carbocycles. The Morgan fingerprint density at radius 2 is 1.20 bits per heavy atom. The van der Waals surface area contributed by atoms with E-state index in [4.69, 9.17) is 0 Å². The molecule has 6 nitrogen and oxygen atoms in total. The number of aromatic nitrogens is 2. The van der Waals surface area contributed by atoms with E-state index in [0.717, 1.165) is 0 Å². The van der Waals surface area contributed by atoms with E-state index in [1.165, 1.54) is 22.0 Å². The number of amides is 2. The number of rotatable bonds is 6. The van der Waals surface area contributed by atoms with Crippen LogP contribution < -0.4 is 10.6 Å². The third kappa shape index (κ3) is 4.76. The molecule has 0 bridgehead atoms. The summed E-state index contributed by atoms with van der Waals surface area (Å²) in [6.45, 7) is 8.46. The molecule has 6 heteroatoms. The van der Waals surface area contributed by atoms with Gasteiger partial charge in [0.2, 0.25) is 0 Å². The summed E-state index contributed by atoms with van der Waals surface area (Å²) in [5, 5.41) is 9.81. The first-order valence-electron chi connectivity index (χ1n) is 10.1. The summed E-state index contributed by atoms with van der Waals surface area (Å²) in [7, 11) is 1.64. The van der Waals surface area contributed by atoms with Crippen molar-refractivity contribution >= 4 is 23.2 Å². The predicted molar refractivity (Wildman–Crippen MR) is 120 cm³/mol. The minimum atomic E-state index is -0.382. The van der Waals surface area contributed by atoms with Gasteiger partial charge in [-0.1, -0.05) is 52.0 Å². The van der Waals surface area contributed by atoms with Gasteiger partial charge in [0.25, 0.3) is 11.8 Å². The van der Waals surface area contributed by atoms with Crippen molar-refractivity contribution in [3.63, 3.8) is 0 Å². The molecule has 2 N–H and O–H groups in total. The standard InChI is InChI=1S/C24H28N4O2/c1-15(2)17-6-10-19(11-7-17)26-23(29)21-14-25-28(5)22(21)24(30)27-20-12-8-18(9-13-20)16(3)4/h6-16H,1-5H3,(H,26,29)(H,27,30).